The molecular formula is C15H16FN3O2. The van der Waals surface area contributed by atoms with Crippen LogP contribution in [0.1, 0.15) is 23.5 Å². The molecule has 1 aromatic heterocycles. The van der Waals surface area contributed by atoms with Crippen LogP contribution in [0.3, 0.4) is 0 Å². The third-order valence-corrected chi connectivity index (χ3v) is 3.09. The number of amides is 1. The lowest BCUT2D eigenvalue weighted by molar-refractivity contribution is -0.116. The fourth-order valence-corrected chi connectivity index (χ4v) is 2.06. The van der Waals surface area contributed by atoms with Gasteiger partial charge in [-0.2, -0.15) is 0 Å². The van der Waals surface area contributed by atoms with Crippen molar-refractivity contribution >= 4 is 11.6 Å². The summed E-state index contributed by atoms with van der Waals surface area (Å²) in [6.45, 7) is 3.43. The van der Waals surface area contributed by atoms with Crippen LogP contribution in [0.4, 0.5) is 10.1 Å². The highest BCUT2D eigenvalue weighted by atomic mass is 19.1. The molecule has 5 nitrogen and oxygen atoms in total. The van der Waals surface area contributed by atoms with Crippen LogP contribution in [0.2, 0.25) is 0 Å². The first-order chi connectivity index (χ1) is 9.97. The summed E-state index contributed by atoms with van der Waals surface area (Å²) < 4.78 is 13.4. The Labute approximate surface area is 121 Å². The number of anilines is 1. The molecule has 2 N–H and O–H groups in total. The molecule has 0 aliphatic rings. The fraction of sp³-hybridized carbons (Fsp3) is 0.267. The maximum atomic E-state index is 13.4. The van der Waals surface area contributed by atoms with Gasteiger partial charge in [0.1, 0.15) is 11.6 Å². The summed E-state index contributed by atoms with van der Waals surface area (Å²) in [5.41, 5.74) is 0.980. The molecule has 0 saturated carbocycles. The molecule has 21 heavy (non-hydrogen) atoms. The number of hydrogen-bond acceptors (Lipinski definition) is 3. The van der Waals surface area contributed by atoms with Gasteiger partial charge in [-0.1, -0.05) is 12.1 Å². The van der Waals surface area contributed by atoms with Crippen molar-refractivity contribution in [3.05, 3.63) is 57.5 Å². The molecule has 1 amide bonds. The lowest BCUT2D eigenvalue weighted by Gasteiger charge is -2.07. The number of para-hydroxylation sites is 1. The first kappa shape index (κ1) is 14.9. The third-order valence-electron chi connectivity index (χ3n) is 3.09. The quantitative estimate of drug-likeness (QED) is 0.905. The van der Waals surface area contributed by atoms with Crippen LogP contribution in [-0.4, -0.2) is 15.9 Å². The molecule has 0 spiro atoms. The Morgan fingerprint density at radius 1 is 1.33 bits per heavy atom. The van der Waals surface area contributed by atoms with Gasteiger partial charge in [0.15, 0.2) is 0 Å². The van der Waals surface area contributed by atoms with Gasteiger partial charge >= 0.3 is 0 Å². The molecule has 1 aromatic carbocycles. The van der Waals surface area contributed by atoms with Gasteiger partial charge in [-0.15, -0.1) is 0 Å². The molecule has 0 atom stereocenters. The average molecular weight is 289 g/mol. The van der Waals surface area contributed by atoms with Gasteiger partial charge in [0.25, 0.3) is 5.56 Å². The van der Waals surface area contributed by atoms with Crippen LogP contribution >= 0.6 is 0 Å². The summed E-state index contributed by atoms with van der Waals surface area (Å²) in [6.07, 6.45) is 0.345. The maximum Gasteiger partial charge on any atom is 0.254 e. The van der Waals surface area contributed by atoms with Gasteiger partial charge in [0.2, 0.25) is 5.91 Å². The van der Waals surface area contributed by atoms with E-state index in [9.17, 15) is 14.0 Å². The third kappa shape index (κ3) is 3.75. The highest BCUT2D eigenvalue weighted by Gasteiger charge is 2.11. The van der Waals surface area contributed by atoms with Crippen LogP contribution in [0.15, 0.2) is 29.1 Å². The highest BCUT2D eigenvalue weighted by Crippen LogP contribution is 2.13. The van der Waals surface area contributed by atoms with E-state index in [1.54, 1.807) is 26.0 Å². The first-order valence-electron chi connectivity index (χ1n) is 6.58. The van der Waals surface area contributed by atoms with Crippen molar-refractivity contribution in [3.8, 4) is 0 Å². The molecule has 0 fully saturated rings. The minimum atomic E-state index is -0.489. The maximum absolute atomic E-state index is 13.4. The Hall–Kier alpha value is -2.50. The van der Waals surface area contributed by atoms with Crippen molar-refractivity contribution in [1.29, 1.82) is 0 Å². The Balaban J connectivity index is 2.02. The second-order valence-corrected chi connectivity index (χ2v) is 4.74. The zero-order valence-electron chi connectivity index (χ0n) is 11.9. The molecule has 0 radical (unpaired) electrons. The summed E-state index contributed by atoms with van der Waals surface area (Å²) in [7, 11) is 0. The number of nitrogens with one attached hydrogen (secondary N) is 2. The summed E-state index contributed by atoms with van der Waals surface area (Å²) in [4.78, 5) is 30.4. The molecule has 0 unspecified atom stereocenters. The van der Waals surface area contributed by atoms with Gasteiger partial charge in [0, 0.05) is 17.7 Å². The van der Waals surface area contributed by atoms with Crippen LogP contribution in [0.5, 0.6) is 0 Å². The number of nitrogens with zero attached hydrogens (tertiary/aromatic N) is 1. The number of aryl methyl sites for hydroxylation is 2. The van der Waals surface area contributed by atoms with Crippen LogP contribution in [0, 0.1) is 19.7 Å². The SMILES string of the molecule is Cc1nc(C)c(CCC(=O)Nc2ccccc2F)c(=O)[nH]1. The van der Waals surface area contributed by atoms with Crippen molar-refractivity contribution in [2.75, 3.05) is 5.32 Å². The standard InChI is InChI=1S/C15H16FN3O2/c1-9-11(15(21)18-10(2)17-9)7-8-14(20)19-13-6-4-3-5-12(13)16/h3-6H,7-8H2,1-2H3,(H,19,20)(H,17,18,21). The van der Waals surface area contributed by atoms with Gasteiger partial charge in [0.05, 0.1) is 5.69 Å². The van der Waals surface area contributed by atoms with Gasteiger partial charge in [-0.3, -0.25) is 9.59 Å². The normalized spacial score (nSPS) is 10.4. The van der Waals surface area contributed by atoms with E-state index in [1.165, 1.54) is 12.1 Å². The molecule has 6 heteroatoms. The smallest absolute Gasteiger partial charge is 0.254 e. The molecule has 0 aliphatic carbocycles. The van der Waals surface area contributed by atoms with E-state index >= 15 is 0 Å². The van der Waals surface area contributed by atoms with Crippen molar-refractivity contribution in [2.24, 2.45) is 0 Å². The number of halogens is 1. The van der Waals surface area contributed by atoms with E-state index < -0.39 is 5.82 Å². The fourth-order valence-electron chi connectivity index (χ4n) is 2.06. The molecule has 0 saturated heterocycles. The zero-order chi connectivity index (χ0) is 15.4. The molecule has 0 aliphatic heterocycles. The molecule has 110 valence electrons. The number of aromatic nitrogens is 2. The number of rotatable bonds is 4. The van der Waals surface area contributed by atoms with Crippen molar-refractivity contribution in [3.63, 3.8) is 0 Å². The molecule has 0 bridgehead atoms. The van der Waals surface area contributed by atoms with Crippen molar-refractivity contribution in [1.82, 2.24) is 9.97 Å². The number of aromatic amines is 1. The zero-order valence-corrected chi connectivity index (χ0v) is 11.9. The van der Waals surface area contributed by atoms with E-state index in [-0.39, 0.29) is 30.0 Å². The summed E-state index contributed by atoms with van der Waals surface area (Å²) >= 11 is 0. The Morgan fingerprint density at radius 2 is 2.05 bits per heavy atom. The van der Waals surface area contributed by atoms with E-state index in [4.69, 9.17) is 0 Å². The van der Waals surface area contributed by atoms with Gasteiger partial charge in [-0.05, 0) is 32.4 Å². The predicted octanol–water partition coefficient (Wildman–Crippen LogP) is 2.10. The number of H-pyrrole nitrogens is 1. The molecule has 2 rings (SSSR count). The second-order valence-electron chi connectivity index (χ2n) is 4.74. The average Bonchev–Trinajstić information content (AvgIpc) is 2.40. The van der Waals surface area contributed by atoms with Crippen molar-refractivity contribution in [2.45, 2.75) is 26.7 Å². The Morgan fingerprint density at radius 3 is 2.71 bits per heavy atom. The Kier molecular flexibility index (Phi) is 4.47. The minimum absolute atomic E-state index is 0.0863. The second kappa shape index (κ2) is 6.30. The van der Waals surface area contributed by atoms with E-state index in [1.807, 2.05) is 0 Å². The summed E-state index contributed by atoms with van der Waals surface area (Å²) in [5.74, 6) is -0.298. The predicted molar refractivity (Wildman–Crippen MR) is 77.7 cm³/mol. The lowest BCUT2D eigenvalue weighted by Crippen LogP contribution is -2.20. The summed E-state index contributed by atoms with van der Waals surface area (Å²) in [6, 6.07) is 5.94. The van der Waals surface area contributed by atoms with Gasteiger partial charge in [-0.25, -0.2) is 9.37 Å². The van der Waals surface area contributed by atoms with Gasteiger partial charge < -0.3 is 10.3 Å². The largest absolute Gasteiger partial charge is 0.324 e. The van der Waals surface area contributed by atoms with E-state index in [0.717, 1.165) is 0 Å². The first-order valence-corrected chi connectivity index (χ1v) is 6.58. The number of hydrogen-bond donors (Lipinski definition) is 2. The molecular weight excluding hydrogens is 273 g/mol. The number of carbonyl (C=O) groups is 1. The molecule has 2 aromatic rings. The van der Waals surface area contributed by atoms with Crippen LogP contribution < -0.4 is 10.9 Å². The van der Waals surface area contributed by atoms with Crippen molar-refractivity contribution < 1.29 is 9.18 Å². The Bertz CT molecular complexity index is 725. The minimum Gasteiger partial charge on any atom is -0.324 e. The molecule has 1 heterocycles. The van der Waals surface area contributed by atoms with Crippen LogP contribution in [0.25, 0.3) is 0 Å². The monoisotopic (exact) mass is 289 g/mol. The lowest BCUT2D eigenvalue weighted by atomic mass is 10.1. The van der Waals surface area contributed by atoms with Crippen LogP contribution in [-0.2, 0) is 11.2 Å². The van der Waals surface area contributed by atoms with E-state index in [2.05, 4.69) is 15.3 Å². The highest BCUT2D eigenvalue weighted by molar-refractivity contribution is 5.90. The van der Waals surface area contributed by atoms with E-state index in [0.29, 0.717) is 17.1 Å². The number of benzene rings is 1. The number of carbonyl (C=O) groups excluding carboxylic acids is 1. The topological polar surface area (TPSA) is 74.8 Å². The summed E-state index contributed by atoms with van der Waals surface area (Å²) in [5, 5.41) is 2.48.